The summed E-state index contributed by atoms with van der Waals surface area (Å²) in [4.78, 5) is 0. The highest BCUT2D eigenvalue weighted by Crippen LogP contribution is 2.37. The van der Waals surface area contributed by atoms with Gasteiger partial charge in [0, 0.05) is 24.6 Å². The molecule has 0 radical (unpaired) electrons. The van der Waals surface area contributed by atoms with Crippen molar-refractivity contribution >= 4 is 55.1 Å². The first-order chi connectivity index (χ1) is 8.91. The number of halogens is 4. The van der Waals surface area contributed by atoms with E-state index < -0.39 is 0 Å². The van der Waals surface area contributed by atoms with E-state index in [4.69, 9.17) is 28.9 Å². The molecule has 0 aliphatic heterocycles. The van der Waals surface area contributed by atoms with E-state index in [0.29, 0.717) is 10.0 Å². The summed E-state index contributed by atoms with van der Waals surface area (Å²) in [5, 5.41) is 1.15. The van der Waals surface area contributed by atoms with Crippen molar-refractivity contribution in [1.29, 1.82) is 0 Å². The minimum atomic E-state index is -0.382. The Morgan fingerprint density at radius 3 is 2.21 bits per heavy atom. The van der Waals surface area contributed by atoms with Crippen molar-refractivity contribution in [1.82, 2.24) is 0 Å². The average Bonchev–Trinajstić information content (AvgIpc) is 2.33. The molecule has 2 aromatic rings. The normalized spacial score (nSPS) is 12.5. The van der Waals surface area contributed by atoms with Crippen LogP contribution in [0.15, 0.2) is 39.3 Å². The van der Waals surface area contributed by atoms with Crippen molar-refractivity contribution in [3.8, 4) is 0 Å². The number of rotatable bonds is 2. The van der Waals surface area contributed by atoms with Crippen LogP contribution in [0.5, 0.6) is 0 Å². The summed E-state index contributed by atoms with van der Waals surface area (Å²) in [5.74, 6) is 0. The van der Waals surface area contributed by atoms with Crippen LogP contribution < -0.4 is 5.73 Å². The van der Waals surface area contributed by atoms with Gasteiger partial charge < -0.3 is 5.73 Å². The van der Waals surface area contributed by atoms with Gasteiger partial charge in [-0.1, -0.05) is 61.1 Å². The Labute approximate surface area is 139 Å². The lowest BCUT2D eigenvalue weighted by molar-refractivity contribution is 0.864. The van der Waals surface area contributed by atoms with Gasteiger partial charge in [0.1, 0.15) is 0 Å². The van der Waals surface area contributed by atoms with Gasteiger partial charge in [-0.25, -0.2) is 0 Å². The summed E-state index contributed by atoms with van der Waals surface area (Å²) in [6.45, 7) is 2.02. The molecule has 0 aliphatic rings. The summed E-state index contributed by atoms with van der Waals surface area (Å²) >= 11 is 19.5. The van der Waals surface area contributed by atoms with Gasteiger partial charge in [0.15, 0.2) is 0 Å². The van der Waals surface area contributed by atoms with Crippen LogP contribution in [0, 0.1) is 6.92 Å². The lowest BCUT2D eigenvalue weighted by Gasteiger charge is -2.18. The van der Waals surface area contributed by atoms with Crippen LogP contribution in [-0.2, 0) is 0 Å². The third-order valence-electron chi connectivity index (χ3n) is 2.92. The topological polar surface area (TPSA) is 26.0 Å². The molecule has 1 nitrogen and oxygen atoms in total. The molecule has 0 bridgehead atoms. The van der Waals surface area contributed by atoms with Gasteiger partial charge in [-0.05, 0) is 42.3 Å². The molecular weight excluding hydrogens is 413 g/mol. The summed E-state index contributed by atoms with van der Waals surface area (Å²) in [6.07, 6.45) is 0. The Hall–Kier alpha value is -0.0600. The zero-order valence-electron chi connectivity index (χ0n) is 10.1. The Morgan fingerprint density at radius 2 is 1.63 bits per heavy atom. The van der Waals surface area contributed by atoms with Gasteiger partial charge in [-0.3, -0.25) is 0 Å². The highest BCUT2D eigenvalue weighted by atomic mass is 79.9. The van der Waals surface area contributed by atoms with Crippen molar-refractivity contribution in [2.45, 2.75) is 13.0 Å². The molecule has 0 heterocycles. The van der Waals surface area contributed by atoms with E-state index in [-0.39, 0.29) is 6.04 Å². The molecule has 0 saturated carbocycles. The molecule has 1 atom stereocenters. The number of hydrogen-bond donors (Lipinski definition) is 1. The Balaban J connectivity index is 2.56. The van der Waals surface area contributed by atoms with Gasteiger partial charge in [-0.2, -0.15) is 0 Å². The lowest BCUT2D eigenvalue weighted by Crippen LogP contribution is -2.14. The largest absolute Gasteiger partial charge is 0.320 e. The smallest absolute Gasteiger partial charge is 0.0592 e. The van der Waals surface area contributed by atoms with Crippen LogP contribution in [0.25, 0.3) is 0 Å². The first-order valence-electron chi connectivity index (χ1n) is 5.57. The van der Waals surface area contributed by atoms with Crippen molar-refractivity contribution < 1.29 is 0 Å². The zero-order valence-corrected chi connectivity index (χ0v) is 14.7. The van der Waals surface area contributed by atoms with Crippen molar-refractivity contribution in [2.24, 2.45) is 5.73 Å². The fourth-order valence-electron chi connectivity index (χ4n) is 1.86. The second-order valence-corrected chi connectivity index (χ2v) is 6.76. The maximum absolute atomic E-state index is 6.32. The summed E-state index contributed by atoms with van der Waals surface area (Å²) in [7, 11) is 0. The van der Waals surface area contributed by atoms with E-state index in [1.54, 1.807) is 18.2 Å². The minimum absolute atomic E-state index is 0.382. The third-order valence-corrected chi connectivity index (χ3v) is 5.12. The predicted molar refractivity (Wildman–Crippen MR) is 89.1 cm³/mol. The first kappa shape index (κ1) is 15.3. The van der Waals surface area contributed by atoms with Gasteiger partial charge in [0.05, 0.1) is 6.04 Å². The van der Waals surface area contributed by atoms with Crippen LogP contribution in [0.3, 0.4) is 0 Å². The molecule has 0 saturated heterocycles. The highest BCUT2D eigenvalue weighted by Gasteiger charge is 2.19. The van der Waals surface area contributed by atoms with Crippen molar-refractivity contribution in [2.75, 3.05) is 0 Å². The van der Waals surface area contributed by atoms with Gasteiger partial charge in [0.2, 0.25) is 0 Å². The van der Waals surface area contributed by atoms with Crippen LogP contribution in [0.1, 0.15) is 22.7 Å². The van der Waals surface area contributed by atoms with E-state index in [9.17, 15) is 0 Å². The highest BCUT2D eigenvalue weighted by molar-refractivity contribution is 9.11. The first-order valence-corrected chi connectivity index (χ1v) is 7.91. The molecule has 0 spiro atoms. The molecule has 5 heteroatoms. The minimum Gasteiger partial charge on any atom is -0.320 e. The number of aryl methyl sites for hydroxylation is 1. The fourth-order valence-corrected chi connectivity index (χ4v) is 3.56. The van der Waals surface area contributed by atoms with E-state index in [1.807, 2.05) is 19.1 Å². The maximum Gasteiger partial charge on any atom is 0.0592 e. The maximum atomic E-state index is 6.32. The van der Waals surface area contributed by atoms with Crippen LogP contribution in [0.4, 0.5) is 0 Å². The summed E-state index contributed by atoms with van der Waals surface area (Å²) in [6, 6.07) is 9.02. The summed E-state index contributed by atoms with van der Waals surface area (Å²) in [5.41, 5.74) is 9.13. The van der Waals surface area contributed by atoms with Crippen molar-refractivity contribution in [3.63, 3.8) is 0 Å². The van der Waals surface area contributed by atoms with E-state index >= 15 is 0 Å². The molecular formula is C14H11Br2Cl2N. The standard InChI is InChI=1S/C14H11Br2Cl2N/c1-7-5-10(16)8(6-9(7)15)14(19)13-11(17)3-2-4-12(13)18/h2-6,14H,19H2,1H3. The molecule has 0 aliphatic carbocycles. The van der Waals surface area contributed by atoms with E-state index in [0.717, 1.165) is 25.6 Å². The Morgan fingerprint density at radius 1 is 1.05 bits per heavy atom. The van der Waals surface area contributed by atoms with E-state index in [1.165, 1.54) is 0 Å². The third kappa shape index (κ3) is 3.17. The number of nitrogens with two attached hydrogens (primary N) is 1. The molecule has 0 amide bonds. The second kappa shape index (κ2) is 6.15. The average molecular weight is 424 g/mol. The predicted octanol–water partition coefficient (Wildman–Crippen LogP) is 5.87. The monoisotopic (exact) mass is 421 g/mol. The molecule has 2 aromatic carbocycles. The van der Waals surface area contributed by atoms with Crippen molar-refractivity contribution in [3.05, 3.63) is 66.0 Å². The summed E-state index contributed by atoms with van der Waals surface area (Å²) < 4.78 is 1.95. The van der Waals surface area contributed by atoms with Gasteiger partial charge >= 0.3 is 0 Å². The molecule has 100 valence electrons. The van der Waals surface area contributed by atoms with Crippen LogP contribution in [0.2, 0.25) is 10.0 Å². The molecule has 2 N–H and O–H groups in total. The molecule has 19 heavy (non-hydrogen) atoms. The van der Waals surface area contributed by atoms with E-state index in [2.05, 4.69) is 31.9 Å². The number of hydrogen-bond acceptors (Lipinski definition) is 1. The van der Waals surface area contributed by atoms with Gasteiger partial charge in [-0.15, -0.1) is 0 Å². The van der Waals surface area contributed by atoms with Crippen LogP contribution in [-0.4, -0.2) is 0 Å². The molecule has 2 rings (SSSR count). The lowest BCUT2D eigenvalue weighted by atomic mass is 9.98. The number of benzene rings is 2. The molecule has 1 unspecified atom stereocenters. The zero-order chi connectivity index (χ0) is 14.2. The second-order valence-electron chi connectivity index (χ2n) is 4.24. The Bertz CT molecular complexity index is 609. The SMILES string of the molecule is Cc1cc(Br)c(C(N)c2c(Cl)cccc2Cl)cc1Br. The fraction of sp³-hybridized carbons (Fsp3) is 0.143. The Kier molecular flexibility index (Phi) is 4.96. The van der Waals surface area contributed by atoms with Crippen LogP contribution >= 0.6 is 55.1 Å². The molecule has 0 fully saturated rings. The molecule has 0 aromatic heterocycles. The van der Waals surface area contributed by atoms with Gasteiger partial charge in [0.25, 0.3) is 0 Å². The quantitative estimate of drug-likeness (QED) is 0.641.